The van der Waals surface area contributed by atoms with Crippen LogP contribution in [0.25, 0.3) is 0 Å². The van der Waals surface area contributed by atoms with E-state index in [0.29, 0.717) is 18.0 Å². The zero-order valence-electron chi connectivity index (χ0n) is 14.7. The Kier molecular flexibility index (Phi) is 5.95. The molecular weight excluding hydrogens is 366 g/mol. The summed E-state index contributed by atoms with van der Waals surface area (Å²) in [6.07, 6.45) is 1.97. The molecular formula is C19H28BrN3O. The minimum Gasteiger partial charge on any atom is -0.340 e. The van der Waals surface area contributed by atoms with E-state index in [9.17, 15) is 4.79 Å². The van der Waals surface area contributed by atoms with Gasteiger partial charge in [-0.3, -0.25) is 9.69 Å². The van der Waals surface area contributed by atoms with Crippen LogP contribution < -0.4 is 5.32 Å². The monoisotopic (exact) mass is 393 g/mol. The Labute approximate surface area is 153 Å². The number of piperidine rings is 1. The molecule has 0 saturated carbocycles. The zero-order chi connectivity index (χ0) is 17.1. The molecule has 2 heterocycles. The lowest BCUT2D eigenvalue weighted by molar-refractivity contribution is -0.138. The number of hydrogen-bond donors (Lipinski definition) is 1. The molecule has 4 nitrogen and oxygen atoms in total. The summed E-state index contributed by atoms with van der Waals surface area (Å²) in [6.45, 7) is 9.05. The molecule has 1 aromatic carbocycles. The van der Waals surface area contributed by atoms with E-state index >= 15 is 0 Å². The van der Waals surface area contributed by atoms with Crippen LogP contribution in [0.4, 0.5) is 0 Å². The number of hydrogen-bond acceptors (Lipinski definition) is 3. The number of piperazine rings is 1. The molecule has 0 bridgehead atoms. The van der Waals surface area contributed by atoms with Gasteiger partial charge in [-0.1, -0.05) is 28.1 Å². The van der Waals surface area contributed by atoms with Crippen molar-refractivity contribution in [3.63, 3.8) is 0 Å². The number of carbonyl (C=O) groups excluding carboxylic acids is 1. The lowest BCUT2D eigenvalue weighted by atomic mass is 9.91. The standard InChI is InChI=1S/C19H28BrN3O/c1-14-13-17(7-8-21-14)19(24)23-11-9-22(10-12-23)15(2)16-3-5-18(20)6-4-16/h3-6,14-15,17,21H,7-13H2,1-2H3/t14-,15?,17-/m0/s1. The van der Waals surface area contributed by atoms with Gasteiger partial charge in [0.05, 0.1) is 0 Å². The molecule has 1 amide bonds. The van der Waals surface area contributed by atoms with E-state index < -0.39 is 0 Å². The third-order valence-corrected chi connectivity index (χ3v) is 6.03. The summed E-state index contributed by atoms with van der Waals surface area (Å²) in [6, 6.07) is 9.43. The van der Waals surface area contributed by atoms with E-state index in [1.165, 1.54) is 5.56 Å². The molecule has 5 heteroatoms. The zero-order valence-corrected chi connectivity index (χ0v) is 16.3. The van der Waals surface area contributed by atoms with Crippen molar-refractivity contribution < 1.29 is 4.79 Å². The number of nitrogens with one attached hydrogen (secondary N) is 1. The lowest BCUT2D eigenvalue weighted by Gasteiger charge is -2.40. The summed E-state index contributed by atoms with van der Waals surface area (Å²) < 4.78 is 1.12. The highest BCUT2D eigenvalue weighted by atomic mass is 79.9. The predicted molar refractivity (Wildman–Crippen MR) is 101 cm³/mol. The average molecular weight is 394 g/mol. The third kappa shape index (κ3) is 4.19. The second kappa shape index (κ2) is 7.98. The van der Waals surface area contributed by atoms with Crippen molar-refractivity contribution in [3.05, 3.63) is 34.3 Å². The fourth-order valence-corrected chi connectivity index (χ4v) is 4.16. The summed E-state index contributed by atoms with van der Waals surface area (Å²) in [5.41, 5.74) is 1.34. The maximum absolute atomic E-state index is 12.8. The first-order valence-electron chi connectivity index (χ1n) is 9.06. The molecule has 1 unspecified atom stereocenters. The molecule has 1 aromatic rings. The van der Waals surface area contributed by atoms with Gasteiger partial charge in [0.2, 0.25) is 5.91 Å². The topological polar surface area (TPSA) is 35.6 Å². The van der Waals surface area contributed by atoms with Gasteiger partial charge in [0.25, 0.3) is 0 Å². The summed E-state index contributed by atoms with van der Waals surface area (Å²) in [7, 11) is 0. The molecule has 24 heavy (non-hydrogen) atoms. The van der Waals surface area contributed by atoms with Crippen molar-refractivity contribution >= 4 is 21.8 Å². The van der Waals surface area contributed by atoms with E-state index in [1.807, 2.05) is 0 Å². The maximum atomic E-state index is 12.8. The van der Waals surface area contributed by atoms with Gasteiger partial charge in [-0.2, -0.15) is 0 Å². The van der Waals surface area contributed by atoms with Gasteiger partial charge in [0, 0.05) is 48.7 Å². The van der Waals surface area contributed by atoms with Gasteiger partial charge >= 0.3 is 0 Å². The number of halogens is 1. The molecule has 2 aliphatic heterocycles. The molecule has 2 fully saturated rings. The van der Waals surface area contributed by atoms with Crippen LogP contribution in [0.1, 0.15) is 38.3 Å². The molecule has 0 aromatic heterocycles. The number of nitrogens with zero attached hydrogens (tertiary/aromatic N) is 2. The van der Waals surface area contributed by atoms with E-state index in [2.05, 4.69) is 69.2 Å². The van der Waals surface area contributed by atoms with E-state index in [0.717, 1.165) is 50.0 Å². The van der Waals surface area contributed by atoms with Gasteiger partial charge in [0.15, 0.2) is 0 Å². The van der Waals surface area contributed by atoms with Crippen molar-refractivity contribution in [2.45, 2.75) is 38.8 Å². The van der Waals surface area contributed by atoms with Crippen LogP contribution in [-0.4, -0.2) is 54.5 Å². The van der Waals surface area contributed by atoms with Crippen LogP contribution in [0.3, 0.4) is 0 Å². The molecule has 0 radical (unpaired) electrons. The van der Waals surface area contributed by atoms with Gasteiger partial charge in [-0.15, -0.1) is 0 Å². The van der Waals surface area contributed by atoms with Gasteiger partial charge in [-0.05, 0) is 50.9 Å². The largest absolute Gasteiger partial charge is 0.340 e. The molecule has 2 aliphatic rings. The molecule has 3 rings (SSSR count). The Balaban J connectivity index is 1.53. The fraction of sp³-hybridized carbons (Fsp3) is 0.632. The predicted octanol–water partition coefficient (Wildman–Crippen LogP) is 3.04. The Bertz CT molecular complexity index is 554. The smallest absolute Gasteiger partial charge is 0.225 e. The molecule has 0 spiro atoms. The molecule has 132 valence electrons. The number of benzene rings is 1. The second-order valence-electron chi connectivity index (χ2n) is 7.17. The molecule has 2 saturated heterocycles. The number of rotatable bonds is 3. The van der Waals surface area contributed by atoms with E-state index in [1.54, 1.807) is 0 Å². The van der Waals surface area contributed by atoms with Crippen LogP contribution in [-0.2, 0) is 4.79 Å². The van der Waals surface area contributed by atoms with Gasteiger partial charge in [-0.25, -0.2) is 0 Å². The Morgan fingerprint density at radius 1 is 1.21 bits per heavy atom. The highest BCUT2D eigenvalue weighted by Gasteiger charge is 2.31. The van der Waals surface area contributed by atoms with E-state index in [4.69, 9.17) is 0 Å². The minimum absolute atomic E-state index is 0.219. The molecule has 3 atom stereocenters. The van der Waals surface area contributed by atoms with Gasteiger partial charge < -0.3 is 10.2 Å². The number of amides is 1. The molecule has 1 N–H and O–H groups in total. The lowest BCUT2D eigenvalue weighted by Crippen LogP contribution is -2.52. The van der Waals surface area contributed by atoms with Crippen LogP contribution in [0.15, 0.2) is 28.7 Å². The summed E-state index contributed by atoms with van der Waals surface area (Å²) in [5.74, 6) is 0.594. The quantitative estimate of drug-likeness (QED) is 0.856. The van der Waals surface area contributed by atoms with Crippen LogP contribution >= 0.6 is 15.9 Å². The van der Waals surface area contributed by atoms with Crippen molar-refractivity contribution in [1.82, 2.24) is 15.1 Å². The normalized spacial score (nSPS) is 27.0. The summed E-state index contributed by atoms with van der Waals surface area (Å²) in [5, 5.41) is 3.43. The highest BCUT2D eigenvalue weighted by molar-refractivity contribution is 9.10. The Hall–Kier alpha value is -0.910. The summed E-state index contributed by atoms with van der Waals surface area (Å²) in [4.78, 5) is 17.3. The first kappa shape index (κ1) is 17.9. The average Bonchev–Trinajstić information content (AvgIpc) is 2.61. The maximum Gasteiger partial charge on any atom is 0.225 e. The molecule has 0 aliphatic carbocycles. The number of carbonyl (C=O) groups is 1. The van der Waals surface area contributed by atoms with Crippen molar-refractivity contribution in [1.29, 1.82) is 0 Å². The highest BCUT2D eigenvalue weighted by Crippen LogP contribution is 2.25. The van der Waals surface area contributed by atoms with Crippen molar-refractivity contribution in [2.24, 2.45) is 5.92 Å². The summed E-state index contributed by atoms with van der Waals surface area (Å²) >= 11 is 3.49. The van der Waals surface area contributed by atoms with Crippen molar-refractivity contribution in [2.75, 3.05) is 32.7 Å². The third-order valence-electron chi connectivity index (χ3n) is 5.50. The first-order chi connectivity index (χ1) is 11.5. The fourth-order valence-electron chi connectivity index (χ4n) is 3.90. The van der Waals surface area contributed by atoms with Gasteiger partial charge in [0.1, 0.15) is 0 Å². The first-order valence-corrected chi connectivity index (χ1v) is 9.85. The Morgan fingerprint density at radius 3 is 2.50 bits per heavy atom. The van der Waals surface area contributed by atoms with E-state index in [-0.39, 0.29) is 5.92 Å². The van der Waals surface area contributed by atoms with Crippen LogP contribution in [0.2, 0.25) is 0 Å². The van der Waals surface area contributed by atoms with Crippen LogP contribution in [0, 0.1) is 5.92 Å². The van der Waals surface area contributed by atoms with Crippen molar-refractivity contribution in [3.8, 4) is 0 Å². The minimum atomic E-state index is 0.219. The van der Waals surface area contributed by atoms with Crippen LogP contribution in [0.5, 0.6) is 0 Å². The second-order valence-corrected chi connectivity index (χ2v) is 8.08. The Morgan fingerprint density at radius 2 is 1.88 bits per heavy atom. The SMILES string of the molecule is CC(c1ccc(Br)cc1)N1CCN(C(=O)[C@H]2CCN[C@@H](C)C2)CC1.